The Balaban J connectivity index is 2.42. The number of likely N-dealkylation sites (N-methyl/N-ethyl adjacent to an activating group) is 1. The van der Waals surface area contributed by atoms with Crippen LogP contribution in [0.1, 0.15) is 22.3 Å². The molecule has 0 N–H and O–H groups in total. The van der Waals surface area contributed by atoms with Gasteiger partial charge in [0.05, 0.1) is 21.9 Å². The van der Waals surface area contributed by atoms with Crippen molar-refractivity contribution < 1.29 is 10.3 Å². The summed E-state index contributed by atoms with van der Waals surface area (Å²) in [5.41, 5.74) is 2.82. The van der Waals surface area contributed by atoms with E-state index < -0.39 is 12.3 Å². The average molecular weight is 311 g/mol. The number of amides is 1. The van der Waals surface area contributed by atoms with Crippen molar-refractivity contribution in [3.63, 3.8) is 0 Å². The third kappa shape index (κ3) is 2.97. The predicted octanol–water partition coefficient (Wildman–Crippen LogP) is 3.25. The zero-order chi connectivity index (χ0) is 20.0. The summed E-state index contributed by atoms with van der Waals surface area (Å²) >= 11 is 0. The molecule has 0 bridgehead atoms. The van der Waals surface area contributed by atoms with E-state index in [2.05, 4.69) is 4.98 Å². The number of hydrogen-bond donors (Lipinski definition) is 0. The second kappa shape index (κ2) is 5.88. The average Bonchev–Trinajstić information content (AvgIpc) is 3.04. The Morgan fingerprint density at radius 1 is 1.22 bits per heavy atom. The molecule has 2 heterocycles. The van der Waals surface area contributed by atoms with Crippen LogP contribution in [0.3, 0.4) is 0 Å². The Hall–Kier alpha value is -2.62. The van der Waals surface area contributed by atoms with Crippen LogP contribution in [0, 0.1) is 13.8 Å². The molecule has 3 rings (SSSR count). The first-order valence-electron chi connectivity index (χ1n) is 9.42. The number of hydrogen-bond acceptors (Lipinski definition) is 2. The third-order valence-corrected chi connectivity index (χ3v) is 3.58. The highest BCUT2D eigenvalue weighted by molar-refractivity contribution is 5.81. The number of aryl methyl sites for hydroxylation is 1. The molecule has 23 heavy (non-hydrogen) atoms. The van der Waals surface area contributed by atoms with Crippen LogP contribution in [0.15, 0.2) is 42.5 Å². The number of carbonyl (C=O) groups excluding carboxylic acids is 1. The summed E-state index contributed by atoms with van der Waals surface area (Å²) < 4.78 is 34.6. The van der Waals surface area contributed by atoms with Crippen molar-refractivity contribution in [3.8, 4) is 11.3 Å². The van der Waals surface area contributed by atoms with Crippen molar-refractivity contribution in [2.75, 3.05) is 14.1 Å². The SMILES string of the molecule is [2H]c1c(C)c([2H])n2c(C([2H])C(=O)N(C)C)c(-c3ccc(C)cc3)nc2c1[2H]. The van der Waals surface area contributed by atoms with E-state index in [1.165, 1.54) is 9.30 Å². The Labute approximate surface area is 142 Å². The lowest BCUT2D eigenvalue weighted by molar-refractivity contribution is -0.128. The van der Waals surface area contributed by atoms with Crippen molar-refractivity contribution in [1.29, 1.82) is 0 Å². The molecule has 118 valence electrons. The maximum absolute atomic E-state index is 12.5. The molecule has 1 amide bonds. The Morgan fingerprint density at radius 3 is 2.57 bits per heavy atom. The van der Waals surface area contributed by atoms with Gasteiger partial charge in [0.15, 0.2) is 0 Å². The number of aromatic nitrogens is 2. The van der Waals surface area contributed by atoms with Crippen LogP contribution >= 0.6 is 0 Å². The smallest absolute Gasteiger partial charge is 0.228 e. The molecule has 0 saturated carbocycles. The molecular formula is C19H21N3O. The van der Waals surface area contributed by atoms with E-state index in [-0.39, 0.29) is 29.6 Å². The van der Waals surface area contributed by atoms with Gasteiger partial charge < -0.3 is 9.30 Å². The van der Waals surface area contributed by atoms with Gasteiger partial charge in [-0.15, -0.1) is 0 Å². The number of imidazole rings is 1. The molecule has 0 radical (unpaired) electrons. The fraction of sp³-hybridized carbons (Fsp3) is 0.263. The largest absolute Gasteiger partial charge is 0.348 e. The minimum absolute atomic E-state index is 0.0318. The zero-order valence-electron chi connectivity index (χ0n) is 17.6. The molecule has 1 unspecified atom stereocenters. The van der Waals surface area contributed by atoms with Crippen molar-refractivity contribution in [2.24, 2.45) is 0 Å². The minimum Gasteiger partial charge on any atom is -0.348 e. The lowest BCUT2D eigenvalue weighted by atomic mass is 10.1. The lowest BCUT2D eigenvalue weighted by Gasteiger charge is -2.11. The molecule has 1 aromatic carbocycles. The summed E-state index contributed by atoms with van der Waals surface area (Å²) in [6.07, 6.45) is -1.33. The Bertz CT molecular complexity index is 1040. The lowest BCUT2D eigenvalue weighted by Crippen LogP contribution is -2.24. The highest BCUT2D eigenvalue weighted by atomic mass is 16.2. The van der Waals surface area contributed by atoms with Gasteiger partial charge in [0.1, 0.15) is 5.65 Å². The summed E-state index contributed by atoms with van der Waals surface area (Å²) in [7, 11) is 3.15. The van der Waals surface area contributed by atoms with Gasteiger partial charge in [-0.1, -0.05) is 35.9 Å². The first-order valence-corrected chi connectivity index (χ1v) is 7.34. The monoisotopic (exact) mass is 311 g/mol. The summed E-state index contributed by atoms with van der Waals surface area (Å²) in [6, 6.07) is 7.30. The van der Waals surface area contributed by atoms with E-state index >= 15 is 0 Å². The molecule has 0 fully saturated rings. The molecule has 2 aromatic heterocycles. The van der Waals surface area contributed by atoms with Gasteiger partial charge in [0.25, 0.3) is 0 Å². The van der Waals surface area contributed by atoms with Crippen LogP contribution in [0.5, 0.6) is 0 Å². The van der Waals surface area contributed by atoms with Gasteiger partial charge in [0, 0.05) is 27.2 Å². The Kier molecular flexibility index (Phi) is 2.81. The molecule has 3 aromatic rings. The van der Waals surface area contributed by atoms with Crippen LogP contribution in [0.2, 0.25) is 0 Å². The number of fused-ring (bicyclic) bond motifs is 1. The van der Waals surface area contributed by atoms with Crippen molar-refractivity contribution in [1.82, 2.24) is 14.3 Å². The van der Waals surface area contributed by atoms with E-state index in [4.69, 9.17) is 5.48 Å². The van der Waals surface area contributed by atoms with Crippen molar-refractivity contribution >= 4 is 11.6 Å². The molecule has 0 spiro atoms. The van der Waals surface area contributed by atoms with Crippen LogP contribution in [0.4, 0.5) is 0 Å². The van der Waals surface area contributed by atoms with Gasteiger partial charge in [-0.05, 0) is 25.5 Å². The van der Waals surface area contributed by atoms with E-state index in [1.54, 1.807) is 21.0 Å². The zero-order valence-corrected chi connectivity index (χ0v) is 13.6. The number of carbonyl (C=O) groups is 1. The summed E-state index contributed by atoms with van der Waals surface area (Å²) in [6.45, 7) is 3.54. The third-order valence-electron chi connectivity index (χ3n) is 3.58. The maximum atomic E-state index is 12.5. The molecule has 0 saturated heterocycles. The highest BCUT2D eigenvalue weighted by Crippen LogP contribution is 2.26. The molecule has 0 aliphatic rings. The predicted molar refractivity (Wildman–Crippen MR) is 92.5 cm³/mol. The molecule has 1 atom stereocenters. The van der Waals surface area contributed by atoms with Gasteiger partial charge in [0.2, 0.25) is 5.91 Å². The summed E-state index contributed by atoms with van der Waals surface area (Å²) in [4.78, 5) is 18.3. The number of rotatable bonds is 3. The number of nitrogens with zero attached hydrogens (tertiary/aromatic N) is 3. The van der Waals surface area contributed by atoms with Crippen LogP contribution in [-0.2, 0) is 11.2 Å². The fourth-order valence-electron chi connectivity index (χ4n) is 2.28. The molecular weight excluding hydrogens is 286 g/mol. The summed E-state index contributed by atoms with van der Waals surface area (Å²) in [5, 5.41) is 0. The maximum Gasteiger partial charge on any atom is 0.228 e. The quantitative estimate of drug-likeness (QED) is 0.744. The van der Waals surface area contributed by atoms with Crippen LogP contribution < -0.4 is 0 Å². The van der Waals surface area contributed by atoms with Gasteiger partial charge >= 0.3 is 0 Å². The first kappa shape index (κ1) is 11.0. The van der Waals surface area contributed by atoms with Crippen molar-refractivity contribution in [2.45, 2.75) is 20.2 Å². The normalized spacial score (nSPS) is 14.8. The number of pyridine rings is 1. The minimum atomic E-state index is -1.30. The second-order valence-corrected chi connectivity index (χ2v) is 5.73. The molecule has 0 aliphatic heterocycles. The summed E-state index contributed by atoms with van der Waals surface area (Å²) in [5.74, 6) is -0.441. The topological polar surface area (TPSA) is 37.6 Å². The standard InChI is InChI=1S/C19H21N3O/c1-13-5-8-15(9-6-13)19-16(11-18(23)21(3)4)22-12-14(2)7-10-17(22)20-19/h5-10,12H,11H2,1-4H3/i7D,10D,11D,12D. The van der Waals surface area contributed by atoms with Gasteiger partial charge in [-0.25, -0.2) is 4.98 Å². The van der Waals surface area contributed by atoms with Crippen LogP contribution in [0.25, 0.3) is 16.9 Å². The number of benzene rings is 1. The van der Waals surface area contributed by atoms with E-state index in [0.29, 0.717) is 16.8 Å². The van der Waals surface area contributed by atoms with Gasteiger partial charge in [-0.2, -0.15) is 0 Å². The fourth-order valence-corrected chi connectivity index (χ4v) is 2.28. The van der Waals surface area contributed by atoms with Crippen LogP contribution in [-0.4, -0.2) is 34.3 Å². The van der Waals surface area contributed by atoms with Gasteiger partial charge in [-0.3, -0.25) is 4.79 Å². The van der Waals surface area contributed by atoms with E-state index in [0.717, 1.165) is 5.56 Å². The highest BCUT2D eigenvalue weighted by Gasteiger charge is 2.18. The second-order valence-electron chi connectivity index (χ2n) is 5.73. The first-order chi connectivity index (χ1) is 12.6. The molecule has 0 aliphatic carbocycles. The Morgan fingerprint density at radius 2 is 1.91 bits per heavy atom. The van der Waals surface area contributed by atoms with E-state index in [9.17, 15) is 4.79 Å². The van der Waals surface area contributed by atoms with Crippen molar-refractivity contribution in [3.05, 3.63) is 59.3 Å². The molecule has 4 heteroatoms. The molecule has 4 nitrogen and oxygen atoms in total. The van der Waals surface area contributed by atoms with E-state index in [1.807, 2.05) is 31.2 Å².